The third kappa shape index (κ3) is 5.59. The van der Waals surface area contributed by atoms with E-state index in [0.29, 0.717) is 31.2 Å². The SMILES string of the molecule is CC(C)(C)OC(=O)NC1CC(Oc2nc(OC[C@@]34CCCN3C[C@H](F)C4)nc3c(F)c(Br)c(Cl)cc23)C1. The first-order valence-corrected chi connectivity index (χ1v) is 13.6. The van der Waals surface area contributed by atoms with Crippen molar-refractivity contribution in [2.24, 2.45) is 0 Å². The van der Waals surface area contributed by atoms with Crippen molar-refractivity contribution in [2.75, 3.05) is 19.7 Å². The highest BCUT2D eigenvalue weighted by molar-refractivity contribution is 9.10. The van der Waals surface area contributed by atoms with Gasteiger partial charge in [0.2, 0.25) is 5.88 Å². The second-order valence-electron chi connectivity index (χ2n) is 11.1. The van der Waals surface area contributed by atoms with Crippen molar-refractivity contribution in [3.63, 3.8) is 0 Å². The number of carbonyl (C=O) groups is 1. The van der Waals surface area contributed by atoms with E-state index in [0.717, 1.165) is 19.4 Å². The van der Waals surface area contributed by atoms with E-state index in [1.54, 1.807) is 26.8 Å². The van der Waals surface area contributed by atoms with Gasteiger partial charge in [-0.15, -0.1) is 0 Å². The van der Waals surface area contributed by atoms with Crippen molar-refractivity contribution in [1.82, 2.24) is 20.2 Å². The second kappa shape index (κ2) is 9.96. The lowest BCUT2D eigenvalue weighted by molar-refractivity contribution is 0.0355. The summed E-state index contributed by atoms with van der Waals surface area (Å²) >= 11 is 9.37. The van der Waals surface area contributed by atoms with Gasteiger partial charge >= 0.3 is 12.1 Å². The van der Waals surface area contributed by atoms with Crippen molar-refractivity contribution in [1.29, 1.82) is 0 Å². The van der Waals surface area contributed by atoms with E-state index in [1.165, 1.54) is 0 Å². The van der Waals surface area contributed by atoms with E-state index < -0.39 is 29.2 Å². The predicted molar refractivity (Wildman–Crippen MR) is 138 cm³/mol. The van der Waals surface area contributed by atoms with Crippen LogP contribution in [-0.2, 0) is 4.74 Å². The molecule has 12 heteroatoms. The molecule has 0 radical (unpaired) electrons. The predicted octanol–water partition coefficient (Wildman–Crippen LogP) is 5.57. The number of carbonyl (C=O) groups excluding carboxylic acids is 1. The van der Waals surface area contributed by atoms with E-state index in [2.05, 4.69) is 36.1 Å². The Hall–Kier alpha value is -1.98. The van der Waals surface area contributed by atoms with Crippen molar-refractivity contribution in [3.8, 4) is 11.9 Å². The number of alkyl halides is 1. The Labute approximate surface area is 227 Å². The number of nitrogens with one attached hydrogen (secondary N) is 1. The van der Waals surface area contributed by atoms with E-state index >= 15 is 4.39 Å². The fraction of sp³-hybridized carbons (Fsp3) is 0.640. The van der Waals surface area contributed by atoms with E-state index in [9.17, 15) is 9.18 Å². The van der Waals surface area contributed by atoms with E-state index in [-0.39, 0.29) is 45.7 Å². The molecule has 3 aliphatic rings. The Balaban J connectivity index is 1.33. The van der Waals surface area contributed by atoms with Crippen molar-refractivity contribution in [2.45, 2.75) is 82.3 Å². The molecule has 37 heavy (non-hydrogen) atoms. The molecule has 1 aliphatic carbocycles. The number of ether oxygens (including phenoxy) is 3. The van der Waals surface area contributed by atoms with Crippen molar-refractivity contribution >= 4 is 44.5 Å². The summed E-state index contributed by atoms with van der Waals surface area (Å²) in [6, 6.07) is 1.39. The summed E-state index contributed by atoms with van der Waals surface area (Å²) in [6.07, 6.45) is 1.62. The van der Waals surface area contributed by atoms with Crippen LogP contribution in [0.1, 0.15) is 52.9 Å². The molecule has 1 saturated carbocycles. The van der Waals surface area contributed by atoms with Crippen LogP contribution < -0.4 is 14.8 Å². The minimum Gasteiger partial charge on any atom is -0.474 e. The number of alkyl carbamates (subject to hydrolysis) is 1. The zero-order valence-electron chi connectivity index (χ0n) is 21.0. The average Bonchev–Trinajstić information content (AvgIpc) is 3.29. The van der Waals surface area contributed by atoms with Crippen molar-refractivity contribution < 1.29 is 27.8 Å². The summed E-state index contributed by atoms with van der Waals surface area (Å²) in [5, 5.41) is 3.29. The number of fused-ring (bicyclic) bond motifs is 2. The molecule has 5 rings (SSSR count). The second-order valence-corrected chi connectivity index (χ2v) is 12.3. The number of amides is 1. The Kier molecular flexibility index (Phi) is 7.17. The van der Waals surface area contributed by atoms with Gasteiger partial charge < -0.3 is 19.5 Å². The summed E-state index contributed by atoms with van der Waals surface area (Å²) < 4.78 is 46.8. The summed E-state index contributed by atoms with van der Waals surface area (Å²) in [6.45, 7) is 6.84. The molecule has 3 heterocycles. The molecule has 2 aliphatic heterocycles. The fourth-order valence-corrected chi connectivity index (χ4v) is 5.83. The molecule has 202 valence electrons. The number of hydrogen-bond donors (Lipinski definition) is 1. The molecular formula is C25H30BrClF2N4O4. The Morgan fingerprint density at radius 2 is 2.11 bits per heavy atom. The van der Waals surface area contributed by atoms with Gasteiger partial charge in [0.15, 0.2) is 5.82 Å². The minimum atomic E-state index is -0.892. The molecule has 2 atom stereocenters. The standard InChI is InChI=1S/C25H30BrClF2N4O4/c1-24(2,3)37-23(34)30-14-7-15(8-14)36-21-16-9-17(27)18(26)19(29)20(16)31-22(32-21)35-12-25-5-4-6-33(25)11-13(28)10-25/h9,13-15H,4-8,10-12H2,1-3H3,(H,30,34)/t13-,14?,15?,25+/m1/s1. The van der Waals surface area contributed by atoms with Gasteiger partial charge in [0.25, 0.3) is 0 Å². The molecule has 8 nitrogen and oxygen atoms in total. The van der Waals surface area contributed by atoms with Crippen LogP contribution in [0.2, 0.25) is 5.02 Å². The van der Waals surface area contributed by atoms with Crippen LogP contribution in [0.5, 0.6) is 11.9 Å². The molecule has 2 aromatic rings. The summed E-state index contributed by atoms with van der Waals surface area (Å²) in [5.41, 5.74) is -0.975. The third-order valence-electron chi connectivity index (χ3n) is 7.10. The Morgan fingerprint density at radius 1 is 1.35 bits per heavy atom. The van der Waals surface area contributed by atoms with Crippen LogP contribution >= 0.6 is 27.5 Å². The quantitative estimate of drug-likeness (QED) is 0.432. The number of hydrogen-bond acceptors (Lipinski definition) is 7. The molecule has 0 unspecified atom stereocenters. The largest absolute Gasteiger partial charge is 0.474 e. The van der Waals surface area contributed by atoms with Gasteiger partial charge in [-0.05, 0) is 62.2 Å². The lowest BCUT2D eigenvalue weighted by Gasteiger charge is -2.36. The average molecular weight is 604 g/mol. The van der Waals surface area contributed by atoms with Gasteiger partial charge in [0, 0.05) is 31.8 Å². The molecule has 2 saturated heterocycles. The Bertz CT molecular complexity index is 1210. The zero-order chi connectivity index (χ0) is 26.5. The van der Waals surface area contributed by atoms with Crippen molar-refractivity contribution in [3.05, 3.63) is 21.4 Å². The summed E-state index contributed by atoms with van der Waals surface area (Å²) in [5.74, 6) is -0.507. The number of rotatable bonds is 6. The third-order valence-corrected chi connectivity index (χ3v) is 8.40. The lowest BCUT2D eigenvalue weighted by atomic mass is 9.89. The van der Waals surface area contributed by atoms with Gasteiger partial charge in [0.05, 0.1) is 20.4 Å². The number of halogens is 4. The topological polar surface area (TPSA) is 85.8 Å². The van der Waals surface area contributed by atoms with Gasteiger partial charge in [-0.2, -0.15) is 9.97 Å². The monoisotopic (exact) mass is 602 g/mol. The highest BCUT2D eigenvalue weighted by atomic mass is 79.9. The summed E-state index contributed by atoms with van der Waals surface area (Å²) in [4.78, 5) is 22.9. The normalized spacial score (nSPS) is 27.6. The smallest absolute Gasteiger partial charge is 0.407 e. The Morgan fingerprint density at radius 3 is 2.84 bits per heavy atom. The van der Waals surface area contributed by atoms with Gasteiger partial charge in [-0.1, -0.05) is 11.6 Å². The van der Waals surface area contributed by atoms with Gasteiger partial charge in [-0.25, -0.2) is 13.6 Å². The van der Waals surface area contributed by atoms with Gasteiger partial charge in [0.1, 0.15) is 30.0 Å². The highest BCUT2D eigenvalue weighted by Crippen LogP contribution is 2.41. The first kappa shape index (κ1) is 26.6. The molecule has 1 N–H and O–H groups in total. The zero-order valence-corrected chi connectivity index (χ0v) is 23.3. The molecule has 1 amide bonds. The first-order chi connectivity index (χ1) is 17.4. The molecule has 0 spiro atoms. The molecule has 0 bridgehead atoms. The number of nitrogens with zero attached hydrogens (tertiary/aromatic N) is 3. The van der Waals surface area contributed by atoms with Crippen LogP contribution in [0.3, 0.4) is 0 Å². The molecular weight excluding hydrogens is 574 g/mol. The molecule has 1 aromatic heterocycles. The minimum absolute atomic E-state index is 0.00889. The van der Waals surface area contributed by atoms with E-state index in [1.807, 2.05) is 0 Å². The molecule has 3 fully saturated rings. The van der Waals surface area contributed by atoms with Crippen LogP contribution in [0, 0.1) is 5.82 Å². The van der Waals surface area contributed by atoms with Crippen LogP contribution in [0.15, 0.2) is 10.5 Å². The maximum absolute atomic E-state index is 15.1. The van der Waals surface area contributed by atoms with Crippen LogP contribution in [-0.4, -0.2) is 70.1 Å². The molecule has 1 aromatic carbocycles. The number of benzene rings is 1. The lowest BCUT2D eigenvalue weighted by Crippen LogP contribution is -2.50. The highest BCUT2D eigenvalue weighted by Gasteiger charge is 2.49. The fourth-order valence-electron chi connectivity index (χ4n) is 5.34. The van der Waals surface area contributed by atoms with Crippen LogP contribution in [0.4, 0.5) is 13.6 Å². The maximum Gasteiger partial charge on any atom is 0.407 e. The number of aromatic nitrogens is 2. The van der Waals surface area contributed by atoms with Gasteiger partial charge in [-0.3, -0.25) is 4.90 Å². The first-order valence-electron chi connectivity index (χ1n) is 12.5. The van der Waals surface area contributed by atoms with E-state index in [4.69, 9.17) is 25.8 Å². The van der Waals surface area contributed by atoms with Crippen LogP contribution in [0.25, 0.3) is 10.9 Å². The summed E-state index contributed by atoms with van der Waals surface area (Å²) in [7, 11) is 0. The maximum atomic E-state index is 15.1.